The molecule has 0 aromatic rings. The minimum Gasteiger partial charge on any atom is -0.339 e. The van der Waals surface area contributed by atoms with Gasteiger partial charge in [0.1, 0.15) is 0 Å². The lowest BCUT2D eigenvalue weighted by Crippen LogP contribution is -2.55. The van der Waals surface area contributed by atoms with Gasteiger partial charge in [-0.3, -0.25) is 4.79 Å². The number of nitrogens with zero attached hydrogens (tertiary/aromatic N) is 2. The number of fused-ring (bicyclic) bond motifs is 1. The summed E-state index contributed by atoms with van der Waals surface area (Å²) in [6.07, 6.45) is 3.64. The van der Waals surface area contributed by atoms with Crippen LogP contribution in [-0.2, 0) is 4.79 Å². The second kappa shape index (κ2) is 6.04. The quantitative estimate of drug-likeness (QED) is 0.778. The molecule has 2 saturated heterocycles. The Morgan fingerprint density at radius 3 is 2.68 bits per heavy atom. The van der Waals surface area contributed by atoms with Gasteiger partial charge in [0, 0.05) is 23.9 Å². The number of rotatable bonds is 2. The zero-order valence-electron chi connectivity index (χ0n) is 12.8. The van der Waals surface area contributed by atoms with Crippen molar-refractivity contribution in [3.8, 4) is 0 Å². The molecular weight excluding hydrogens is 256 g/mol. The number of piperidine rings is 2. The number of carbonyl (C=O) groups excluding carboxylic acids is 1. The van der Waals surface area contributed by atoms with Crippen LogP contribution in [0.25, 0.3) is 0 Å². The predicted octanol–water partition coefficient (Wildman–Crippen LogP) is 2.46. The van der Waals surface area contributed by atoms with E-state index >= 15 is 0 Å². The van der Waals surface area contributed by atoms with E-state index in [1.165, 1.54) is 19.4 Å². The first-order valence-corrected chi connectivity index (χ1v) is 8.47. The van der Waals surface area contributed by atoms with E-state index in [1.807, 2.05) is 0 Å². The minimum absolute atomic E-state index is 0.178. The molecule has 2 atom stereocenters. The van der Waals surface area contributed by atoms with Crippen LogP contribution in [-0.4, -0.2) is 58.9 Å². The summed E-state index contributed by atoms with van der Waals surface area (Å²) in [7, 11) is 2.20. The van der Waals surface area contributed by atoms with Crippen molar-refractivity contribution in [2.45, 2.75) is 50.8 Å². The first-order valence-electron chi connectivity index (χ1n) is 7.49. The number of hydrogen-bond acceptors (Lipinski definition) is 3. The van der Waals surface area contributed by atoms with E-state index in [-0.39, 0.29) is 4.75 Å². The van der Waals surface area contributed by atoms with Crippen molar-refractivity contribution in [1.82, 2.24) is 9.80 Å². The Bertz CT molecular complexity index is 327. The molecule has 2 rings (SSSR count). The zero-order valence-corrected chi connectivity index (χ0v) is 13.6. The summed E-state index contributed by atoms with van der Waals surface area (Å²) < 4.78 is 0.178. The molecule has 3 nitrogen and oxygen atoms in total. The molecule has 0 aromatic carbocycles. The lowest BCUT2D eigenvalue weighted by molar-refractivity contribution is -0.135. The summed E-state index contributed by atoms with van der Waals surface area (Å²) in [6.45, 7) is 9.82. The van der Waals surface area contributed by atoms with Crippen molar-refractivity contribution in [3.05, 3.63) is 0 Å². The number of carbonyl (C=O) groups is 1. The Morgan fingerprint density at radius 1 is 1.26 bits per heavy atom. The van der Waals surface area contributed by atoms with Crippen LogP contribution in [0.15, 0.2) is 0 Å². The lowest BCUT2D eigenvalue weighted by atomic mass is 9.84. The summed E-state index contributed by atoms with van der Waals surface area (Å²) in [5.41, 5.74) is 0. The SMILES string of the molecule is CN1CCC2C(CCCN2C(=O)CSC(C)(C)C)C1. The molecular formula is C15H28N2OS. The molecule has 2 heterocycles. The summed E-state index contributed by atoms with van der Waals surface area (Å²) in [6, 6.07) is 0.512. The van der Waals surface area contributed by atoms with Crippen molar-refractivity contribution in [1.29, 1.82) is 0 Å². The van der Waals surface area contributed by atoms with Crippen molar-refractivity contribution in [2.75, 3.05) is 32.4 Å². The molecule has 2 unspecified atom stereocenters. The number of amides is 1. The van der Waals surface area contributed by atoms with Crippen LogP contribution in [0, 0.1) is 5.92 Å². The van der Waals surface area contributed by atoms with Crippen molar-refractivity contribution < 1.29 is 4.79 Å². The highest BCUT2D eigenvalue weighted by Gasteiger charge is 2.37. The Balaban J connectivity index is 1.93. The van der Waals surface area contributed by atoms with E-state index in [1.54, 1.807) is 11.8 Å². The Morgan fingerprint density at radius 2 is 2.00 bits per heavy atom. The summed E-state index contributed by atoms with van der Waals surface area (Å²) >= 11 is 1.77. The van der Waals surface area contributed by atoms with Crippen LogP contribution in [0.2, 0.25) is 0 Å². The van der Waals surface area contributed by atoms with Gasteiger partial charge in [0.05, 0.1) is 5.75 Å². The minimum atomic E-state index is 0.178. The fourth-order valence-electron chi connectivity index (χ4n) is 3.26. The molecule has 0 saturated carbocycles. The maximum Gasteiger partial charge on any atom is 0.232 e. The molecule has 2 aliphatic heterocycles. The van der Waals surface area contributed by atoms with Gasteiger partial charge < -0.3 is 9.80 Å². The van der Waals surface area contributed by atoms with E-state index in [4.69, 9.17) is 0 Å². The molecule has 19 heavy (non-hydrogen) atoms. The van der Waals surface area contributed by atoms with Gasteiger partial charge in [-0.05, 0) is 38.8 Å². The molecule has 4 heteroatoms. The molecule has 0 aromatic heterocycles. The molecule has 110 valence electrons. The van der Waals surface area contributed by atoms with Gasteiger partial charge in [-0.25, -0.2) is 0 Å². The Hall–Kier alpha value is -0.220. The molecule has 0 N–H and O–H groups in total. The zero-order chi connectivity index (χ0) is 14.0. The third kappa shape index (κ3) is 4.12. The van der Waals surface area contributed by atoms with E-state index in [0.717, 1.165) is 19.5 Å². The van der Waals surface area contributed by atoms with E-state index in [9.17, 15) is 4.79 Å². The van der Waals surface area contributed by atoms with Gasteiger partial charge >= 0.3 is 0 Å². The third-order valence-corrected chi connectivity index (χ3v) is 5.48. The smallest absolute Gasteiger partial charge is 0.232 e. The first kappa shape index (κ1) is 15.2. The number of likely N-dealkylation sites (tertiary alicyclic amines) is 2. The van der Waals surface area contributed by atoms with Crippen LogP contribution in [0.5, 0.6) is 0 Å². The van der Waals surface area contributed by atoms with Gasteiger partial charge in [-0.15, -0.1) is 11.8 Å². The summed E-state index contributed by atoms with van der Waals surface area (Å²) in [4.78, 5) is 17.1. The monoisotopic (exact) mass is 284 g/mol. The average Bonchev–Trinajstić information content (AvgIpc) is 2.34. The molecule has 0 bridgehead atoms. The Labute approximate surface area is 122 Å². The van der Waals surface area contributed by atoms with Gasteiger partial charge in [-0.1, -0.05) is 20.8 Å². The van der Waals surface area contributed by atoms with Gasteiger partial charge in [0.15, 0.2) is 0 Å². The third-order valence-electron chi connectivity index (χ3n) is 4.22. The van der Waals surface area contributed by atoms with Gasteiger partial charge in [0.2, 0.25) is 5.91 Å². The van der Waals surface area contributed by atoms with Crippen molar-refractivity contribution >= 4 is 17.7 Å². The van der Waals surface area contributed by atoms with Crippen LogP contribution >= 0.6 is 11.8 Å². The normalized spacial score (nSPS) is 29.2. The first-order chi connectivity index (χ1) is 8.87. The highest BCUT2D eigenvalue weighted by molar-refractivity contribution is 8.01. The standard InChI is InChI=1S/C15H28N2OS/c1-15(2,3)19-11-14(18)17-8-5-6-12-10-16(4)9-7-13(12)17/h12-13H,5-11H2,1-4H3. The van der Waals surface area contributed by atoms with Gasteiger partial charge in [-0.2, -0.15) is 0 Å². The van der Waals surface area contributed by atoms with Crippen LogP contribution in [0.3, 0.4) is 0 Å². The predicted molar refractivity (Wildman–Crippen MR) is 82.6 cm³/mol. The lowest BCUT2D eigenvalue weighted by Gasteiger charge is -2.46. The van der Waals surface area contributed by atoms with Crippen LogP contribution < -0.4 is 0 Å². The second-order valence-electron chi connectivity index (χ2n) is 7.01. The largest absolute Gasteiger partial charge is 0.339 e. The van der Waals surface area contributed by atoms with Crippen molar-refractivity contribution in [3.63, 3.8) is 0 Å². The van der Waals surface area contributed by atoms with E-state index in [2.05, 4.69) is 37.6 Å². The second-order valence-corrected chi connectivity index (χ2v) is 8.81. The number of hydrogen-bond donors (Lipinski definition) is 0. The molecule has 2 fully saturated rings. The highest BCUT2D eigenvalue weighted by atomic mass is 32.2. The molecule has 0 aliphatic carbocycles. The van der Waals surface area contributed by atoms with Crippen LogP contribution in [0.1, 0.15) is 40.0 Å². The summed E-state index contributed by atoms with van der Waals surface area (Å²) in [5, 5.41) is 0. The maximum atomic E-state index is 12.5. The van der Waals surface area contributed by atoms with E-state index in [0.29, 0.717) is 23.6 Å². The number of thioether (sulfide) groups is 1. The van der Waals surface area contributed by atoms with Crippen LogP contribution in [0.4, 0.5) is 0 Å². The molecule has 0 spiro atoms. The average molecular weight is 284 g/mol. The summed E-state index contributed by atoms with van der Waals surface area (Å²) in [5.74, 6) is 1.71. The highest BCUT2D eigenvalue weighted by Crippen LogP contribution is 2.31. The fraction of sp³-hybridized carbons (Fsp3) is 0.933. The topological polar surface area (TPSA) is 23.6 Å². The molecule has 0 radical (unpaired) electrons. The Kier molecular flexibility index (Phi) is 4.83. The van der Waals surface area contributed by atoms with Gasteiger partial charge in [0.25, 0.3) is 0 Å². The van der Waals surface area contributed by atoms with Crippen molar-refractivity contribution in [2.24, 2.45) is 5.92 Å². The molecule has 2 aliphatic rings. The fourth-order valence-corrected chi connectivity index (χ4v) is 3.98. The molecule has 1 amide bonds. The van der Waals surface area contributed by atoms with E-state index < -0.39 is 0 Å². The maximum absolute atomic E-state index is 12.5.